The van der Waals surface area contributed by atoms with Crippen LogP contribution in [0.1, 0.15) is 67.6 Å². The maximum atomic E-state index is 12.6. The van der Waals surface area contributed by atoms with E-state index in [0.717, 1.165) is 67.1 Å². The minimum Gasteiger partial charge on any atom is -0.457 e. The standard InChI is InChI=1S/C22H26N2O4S/c25-17(9-21-5-12-4-13(6-21)8-22(27,7-12)11-21)28-10-16-23-19(26)18-14-2-1-3-15(14)29-20(18)24-16/h12-13,27H,1-11H2,(H,23,24,26)/t12-,13-,21?,22?/m1/s1. The summed E-state index contributed by atoms with van der Waals surface area (Å²) in [5.74, 6) is 1.28. The van der Waals surface area contributed by atoms with E-state index in [4.69, 9.17) is 4.74 Å². The zero-order valence-corrected chi connectivity index (χ0v) is 17.3. The molecule has 0 saturated heterocycles. The van der Waals surface area contributed by atoms with Gasteiger partial charge in [0.25, 0.3) is 5.56 Å². The number of thiophene rings is 1. The highest BCUT2D eigenvalue weighted by Gasteiger charge is 2.57. The Balaban J connectivity index is 1.16. The molecule has 0 radical (unpaired) electrons. The summed E-state index contributed by atoms with van der Waals surface area (Å²) in [5, 5.41) is 11.6. The lowest BCUT2D eigenvalue weighted by atomic mass is 9.47. The zero-order valence-electron chi connectivity index (χ0n) is 16.5. The summed E-state index contributed by atoms with van der Waals surface area (Å²) < 4.78 is 5.53. The van der Waals surface area contributed by atoms with E-state index >= 15 is 0 Å². The van der Waals surface area contributed by atoms with Gasteiger partial charge in [0, 0.05) is 4.88 Å². The van der Waals surface area contributed by atoms with Crippen LogP contribution in [0.25, 0.3) is 10.2 Å². The van der Waals surface area contributed by atoms with E-state index in [1.54, 1.807) is 11.3 Å². The lowest BCUT2D eigenvalue weighted by Gasteiger charge is -2.60. The van der Waals surface area contributed by atoms with Crippen molar-refractivity contribution in [2.45, 2.75) is 76.4 Å². The van der Waals surface area contributed by atoms with E-state index < -0.39 is 5.60 Å². The molecule has 7 rings (SSSR count). The molecule has 2 aromatic heterocycles. The molecular formula is C22H26N2O4S. The quantitative estimate of drug-likeness (QED) is 0.750. The molecule has 4 bridgehead atoms. The minimum absolute atomic E-state index is 0.000213. The fourth-order valence-corrected chi connectivity index (χ4v) is 8.51. The number of carbonyl (C=O) groups is 1. The molecule has 2 heterocycles. The highest BCUT2D eigenvalue weighted by molar-refractivity contribution is 7.18. The third-order valence-electron chi connectivity index (χ3n) is 7.66. The SMILES string of the molecule is O=C(CC12C[C@H]3C[C@@H](CC(O)(C3)C1)C2)OCc1nc2sc3c(c2c(=O)[nH]1)CCC3. The normalized spacial score (nSPS) is 34.7. The van der Waals surface area contributed by atoms with Gasteiger partial charge in [-0.1, -0.05) is 0 Å². The van der Waals surface area contributed by atoms with Crippen molar-refractivity contribution in [1.82, 2.24) is 9.97 Å². The predicted octanol–water partition coefficient (Wildman–Crippen LogP) is 3.24. The summed E-state index contributed by atoms with van der Waals surface area (Å²) in [6.07, 6.45) is 9.23. The first-order valence-corrected chi connectivity index (χ1v) is 11.6. The first-order chi connectivity index (χ1) is 13.9. The summed E-state index contributed by atoms with van der Waals surface area (Å²) in [7, 11) is 0. The molecule has 2 atom stereocenters. The molecule has 154 valence electrons. The largest absolute Gasteiger partial charge is 0.457 e. The Hall–Kier alpha value is -1.73. The summed E-state index contributed by atoms with van der Waals surface area (Å²) in [6, 6.07) is 0. The van der Waals surface area contributed by atoms with Gasteiger partial charge in [-0.05, 0) is 80.6 Å². The second kappa shape index (κ2) is 6.14. The number of ether oxygens (including phenoxy) is 1. The van der Waals surface area contributed by atoms with Crippen molar-refractivity contribution in [3.8, 4) is 0 Å². The monoisotopic (exact) mass is 414 g/mol. The average Bonchev–Trinajstić information content (AvgIpc) is 3.17. The van der Waals surface area contributed by atoms with Gasteiger partial charge in [0.2, 0.25) is 0 Å². The fraction of sp³-hybridized carbons (Fsp3) is 0.682. The van der Waals surface area contributed by atoms with Gasteiger partial charge in [-0.3, -0.25) is 9.59 Å². The predicted molar refractivity (Wildman–Crippen MR) is 109 cm³/mol. The summed E-state index contributed by atoms with van der Waals surface area (Å²) in [5.41, 5.74) is 0.364. The topological polar surface area (TPSA) is 92.3 Å². The Kier molecular flexibility index (Phi) is 3.83. The van der Waals surface area contributed by atoms with Crippen LogP contribution in [0.5, 0.6) is 0 Å². The van der Waals surface area contributed by atoms with E-state index in [1.807, 2.05) is 0 Å². The smallest absolute Gasteiger partial charge is 0.306 e. The summed E-state index contributed by atoms with van der Waals surface area (Å²) in [4.78, 5) is 34.6. The number of nitrogens with zero attached hydrogens (tertiary/aromatic N) is 1. The first kappa shape index (κ1) is 18.1. The van der Waals surface area contributed by atoms with Crippen LogP contribution < -0.4 is 5.56 Å². The van der Waals surface area contributed by atoms with Crippen LogP contribution in [0.3, 0.4) is 0 Å². The first-order valence-electron chi connectivity index (χ1n) is 10.8. The number of H-pyrrole nitrogens is 1. The van der Waals surface area contributed by atoms with Crippen LogP contribution in [0, 0.1) is 17.3 Å². The molecule has 7 heteroatoms. The number of rotatable bonds is 4. The highest BCUT2D eigenvalue weighted by Crippen LogP contribution is 2.62. The Labute approximate surface area is 172 Å². The molecule has 0 aromatic carbocycles. The lowest BCUT2D eigenvalue weighted by Crippen LogP contribution is -2.56. The Morgan fingerprint density at radius 1 is 1.24 bits per heavy atom. The molecule has 0 spiro atoms. The van der Waals surface area contributed by atoms with Crippen molar-refractivity contribution in [3.63, 3.8) is 0 Å². The molecule has 0 aliphatic heterocycles. The molecule has 29 heavy (non-hydrogen) atoms. The zero-order chi connectivity index (χ0) is 19.8. The maximum absolute atomic E-state index is 12.6. The van der Waals surface area contributed by atoms with Crippen LogP contribution >= 0.6 is 11.3 Å². The van der Waals surface area contributed by atoms with E-state index in [2.05, 4.69) is 9.97 Å². The van der Waals surface area contributed by atoms with E-state index in [-0.39, 0.29) is 23.6 Å². The molecule has 0 unspecified atom stereocenters. The van der Waals surface area contributed by atoms with Gasteiger partial charge < -0.3 is 14.8 Å². The molecule has 0 amide bonds. The summed E-state index contributed by atoms with van der Waals surface area (Å²) in [6.45, 7) is -0.000213. The second-order valence-corrected chi connectivity index (χ2v) is 11.2. The van der Waals surface area contributed by atoms with Gasteiger partial charge in [0.1, 0.15) is 17.3 Å². The number of aromatic nitrogens is 2. The van der Waals surface area contributed by atoms with Gasteiger partial charge in [-0.2, -0.15) is 0 Å². The van der Waals surface area contributed by atoms with Gasteiger partial charge in [0.15, 0.2) is 0 Å². The van der Waals surface area contributed by atoms with Crippen molar-refractivity contribution in [2.75, 3.05) is 0 Å². The molecule has 4 saturated carbocycles. The molecule has 6 nitrogen and oxygen atoms in total. The maximum Gasteiger partial charge on any atom is 0.306 e. The lowest BCUT2D eigenvalue weighted by molar-refractivity contribution is -0.177. The Morgan fingerprint density at radius 2 is 2.03 bits per heavy atom. The number of aromatic amines is 1. The number of esters is 1. The second-order valence-electron chi connectivity index (χ2n) is 10.1. The third kappa shape index (κ3) is 2.96. The molecule has 5 aliphatic rings. The van der Waals surface area contributed by atoms with E-state index in [9.17, 15) is 14.7 Å². The van der Waals surface area contributed by atoms with Crippen LogP contribution in [-0.2, 0) is 29.0 Å². The van der Waals surface area contributed by atoms with Crippen molar-refractivity contribution in [2.24, 2.45) is 17.3 Å². The molecule has 5 aliphatic carbocycles. The number of nitrogens with one attached hydrogen (secondary N) is 1. The van der Waals surface area contributed by atoms with Gasteiger partial charge in [-0.15, -0.1) is 11.3 Å². The van der Waals surface area contributed by atoms with Gasteiger partial charge in [0.05, 0.1) is 17.4 Å². The highest BCUT2D eigenvalue weighted by atomic mass is 32.1. The van der Waals surface area contributed by atoms with Gasteiger partial charge in [-0.25, -0.2) is 4.98 Å². The third-order valence-corrected chi connectivity index (χ3v) is 8.85. The molecular weight excluding hydrogens is 388 g/mol. The number of fused-ring (bicyclic) bond motifs is 3. The number of aryl methyl sites for hydroxylation is 2. The van der Waals surface area contributed by atoms with E-state index in [1.165, 1.54) is 11.3 Å². The summed E-state index contributed by atoms with van der Waals surface area (Å²) >= 11 is 1.59. The Bertz CT molecular complexity index is 1060. The molecule has 2 N–H and O–H groups in total. The Morgan fingerprint density at radius 3 is 2.79 bits per heavy atom. The van der Waals surface area contributed by atoms with Crippen molar-refractivity contribution < 1.29 is 14.6 Å². The van der Waals surface area contributed by atoms with Gasteiger partial charge >= 0.3 is 5.97 Å². The number of aliphatic hydroxyl groups is 1. The van der Waals surface area contributed by atoms with Crippen molar-refractivity contribution in [1.29, 1.82) is 0 Å². The molecule has 4 fully saturated rings. The average molecular weight is 415 g/mol. The van der Waals surface area contributed by atoms with Crippen molar-refractivity contribution >= 4 is 27.5 Å². The van der Waals surface area contributed by atoms with E-state index in [0.29, 0.717) is 24.1 Å². The fourth-order valence-electron chi connectivity index (χ4n) is 7.23. The van der Waals surface area contributed by atoms with Crippen LogP contribution in [0.15, 0.2) is 4.79 Å². The van der Waals surface area contributed by atoms with Crippen LogP contribution in [-0.4, -0.2) is 26.6 Å². The number of carbonyl (C=O) groups excluding carboxylic acids is 1. The van der Waals surface area contributed by atoms with Crippen molar-refractivity contribution in [3.05, 3.63) is 26.6 Å². The number of hydrogen-bond donors (Lipinski definition) is 2. The van der Waals surface area contributed by atoms with Crippen LogP contribution in [0.4, 0.5) is 0 Å². The van der Waals surface area contributed by atoms with Crippen LogP contribution in [0.2, 0.25) is 0 Å². The minimum atomic E-state index is -0.568. The molecule has 2 aromatic rings. The number of hydrogen-bond acceptors (Lipinski definition) is 6.